The van der Waals surface area contributed by atoms with Crippen LogP contribution in [-0.2, 0) is 16.8 Å². The van der Waals surface area contributed by atoms with Crippen LogP contribution in [0.1, 0.15) is 13.8 Å². The van der Waals surface area contributed by atoms with Gasteiger partial charge < -0.3 is 19.8 Å². The molecule has 6 nitrogen and oxygen atoms in total. The van der Waals surface area contributed by atoms with Crippen LogP contribution in [0.4, 0.5) is 0 Å². The fourth-order valence-corrected chi connectivity index (χ4v) is 1.03. The Morgan fingerprint density at radius 1 is 0.818 bits per heavy atom. The molecule has 0 unspecified atom stereocenters. The van der Waals surface area contributed by atoms with Gasteiger partial charge in [0.1, 0.15) is 0 Å². The normalized spacial score (nSPS) is 7.55. The second kappa shape index (κ2) is 15.0. The summed E-state index contributed by atoms with van der Waals surface area (Å²) in [4.78, 5) is 23.4. The van der Waals surface area contributed by atoms with Gasteiger partial charge in [-0.3, -0.25) is 9.97 Å². The van der Waals surface area contributed by atoms with Crippen LogP contribution < -0.4 is 0 Å². The molecule has 2 aromatic rings. The number of aliphatic hydroxyl groups excluding tert-OH is 2. The number of aliphatic carboxylic acids is 2. The van der Waals surface area contributed by atoms with Crippen molar-refractivity contribution in [2.75, 3.05) is 0 Å². The molecule has 0 aliphatic rings. The van der Waals surface area contributed by atoms with Crippen molar-refractivity contribution in [1.29, 1.82) is 0 Å². The van der Waals surface area contributed by atoms with E-state index < -0.39 is 11.9 Å². The Labute approximate surface area is 140 Å². The zero-order valence-electron chi connectivity index (χ0n) is 12.6. The molecule has 4 N–H and O–H groups in total. The van der Waals surface area contributed by atoms with Gasteiger partial charge in [0.05, 0.1) is 25.2 Å². The van der Waals surface area contributed by atoms with E-state index in [1.165, 1.54) is 13.8 Å². The fraction of sp³-hybridized carbons (Fsp3) is 0.133. The van der Waals surface area contributed by atoms with E-state index in [4.69, 9.17) is 19.8 Å². The first kappa shape index (κ1) is 24.6. The van der Waals surface area contributed by atoms with Gasteiger partial charge in [-0.2, -0.15) is 0 Å². The Hall–Kier alpha value is -2.38. The van der Waals surface area contributed by atoms with Crippen molar-refractivity contribution in [2.45, 2.75) is 13.8 Å². The minimum atomic E-state index is -0.583. The number of hydrogen-bond donors (Lipinski definition) is 2. The maximum Gasteiger partial charge on any atom is 0.477 e. The molecule has 0 spiro atoms. The Bertz CT molecular complexity index is 464. The molecule has 0 fully saturated rings. The largest absolute Gasteiger partial charge is 0.477 e. The molecule has 0 amide bonds. The van der Waals surface area contributed by atoms with Crippen molar-refractivity contribution in [1.82, 2.24) is 9.97 Å². The molecule has 2 heterocycles. The molecule has 2 aromatic heterocycles. The minimum absolute atomic E-state index is 0. The third-order valence-electron chi connectivity index (χ3n) is 1.59. The second-order valence-electron chi connectivity index (χ2n) is 3.52. The minimum Gasteiger partial charge on any atom is -0.339 e. The molecular weight excluding hydrogens is 331 g/mol. The summed E-state index contributed by atoms with van der Waals surface area (Å²) in [6.45, 7) is 2.39. The first-order chi connectivity index (χ1) is 9.43. The van der Waals surface area contributed by atoms with E-state index in [2.05, 4.69) is 9.97 Å². The maximum absolute atomic E-state index is 7.53. The topological polar surface area (TPSA) is 109 Å². The SMILES string of the molecule is CC(O)=[OH+].CC(O)=[OH+].[CH3+].[Co].c1ccc(-c2ccccn2)nc1. The average molecular weight is 352 g/mol. The smallest absolute Gasteiger partial charge is 0.339 e. The van der Waals surface area contributed by atoms with Crippen LogP contribution in [0.15, 0.2) is 48.8 Å². The van der Waals surface area contributed by atoms with Crippen LogP contribution in [0.5, 0.6) is 0 Å². The average Bonchev–Trinajstić information content (AvgIpc) is 2.39. The summed E-state index contributed by atoms with van der Waals surface area (Å²) in [6.07, 6.45) is 3.54. The summed E-state index contributed by atoms with van der Waals surface area (Å²) >= 11 is 0. The molecule has 2 rings (SSSR count). The molecule has 0 saturated heterocycles. The second-order valence-corrected chi connectivity index (χ2v) is 3.52. The van der Waals surface area contributed by atoms with E-state index in [9.17, 15) is 0 Å². The van der Waals surface area contributed by atoms with E-state index in [1.807, 2.05) is 36.4 Å². The first-order valence-corrected chi connectivity index (χ1v) is 5.69. The molecule has 0 aromatic carbocycles. The molecule has 121 valence electrons. The van der Waals surface area contributed by atoms with Crippen LogP contribution in [0.25, 0.3) is 11.4 Å². The third kappa shape index (κ3) is 15.7. The van der Waals surface area contributed by atoms with Gasteiger partial charge in [-0.1, -0.05) is 12.1 Å². The van der Waals surface area contributed by atoms with E-state index in [-0.39, 0.29) is 24.2 Å². The monoisotopic (exact) mass is 352 g/mol. The molecule has 1 radical (unpaired) electrons. The Morgan fingerprint density at radius 3 is 1.27 bits per heavy atom. The zero-order valence-corrected chi connectivity index (χ0v) is 13.7. The molecule has 0 aliphatic heterocycles. The molecule has 22 heavy (non-hydrogen) atoms. The van der Waals surface area contributed by atoms with E-state index in [0.717, 1.165) is 11.4 Å². The van der Waals surface area contributed by atoms with Crippen molar-refractivity contribution in [3.8, 4) is 11.4 Å². The van der Waals surface area contributed by atoms with Crippen molar-refractivity contribution >= 4 is 11.9 Å². The predicted octanol–water partition coefficient (Wildman–Crippen LogP) is 2.72. The van der Waals surface area contributed by atoms with Crippen molar-refractivity contribution in [2.24, 2.45) is 0 Å². The quantitative estimate of drug-likeness (QED) is 0.607. The number of rotatable bonds is 1. The number of hydrogen-bond acceptors (Lipinski definition) is 2. The summed E-state index contributed by atoms with van der Waals surface area (Å²) in [6, 6.07) is 11.6. The van der Waals surface area contributed by atoms with Gasteiger partial charge in [-0.25, -0.2) is 0 Å². The fourth-order valence-electron chi connectivity index (χ4n) is 1.03. The van der Waals surface area contributed by atoms with Crippen LogP contribution in [0.2, 0.25) is 0 Å². The Balaban J connectivity index is -0.000000310. The summed E-state index contributed by atoms with van der Waals surface area (Å²) < 4.78 is 0. The van der Waals surface area contributed by atoms with Gasteiger partial charge in [0.15, 0.2) is 0 Å². The van der Waals surface area contributed by atoms with Crippen molar-refractivity contribution < 1.29 is 36.6 Å². The number of aromatic nitrogens is 2. The molecule has 0 atom stereocenters. The number of pyridine rings is 2. The van der Waals surface area contributed by atoms with Gasteiger partial charge in [-0.05, 0) is 24.3 Å². The van der Waals surface area contributed by atoms with Gasteiger partial charge in [0.25, 0.3) is 0 Å². The number of nitrogens with zero attached hydrogens (tertiary/aromatic N) is 2. The summed E-state index contributed by atoms with van der Waals surface area (Å²) in [5, 5.41) is 15.1. The summed E-state index contributed by atoms with van der Waals surface area (Å²) in [5.41, 5.74) is 1.83. The van der Waals surface area contributed by atoms with Crippen molar-refractivity contribution in [3.05, 3.63) is 56.2 Å². The number of carboxylic acids is 2. The van der Waals surface area contributed by atoms with Crippen LogP contribution >= 0.6 is 0 Å². The molecule has 0 aliphatic carbocycles. The molecule has 7 heteroatoms. The summed E-state index contributed by atoms with van der Waals surface area (Å²) in [5.74, 6) is -1.17. The van der Waals surface area contributed by atoms with Crippen molar-refractivity contribution in [3.63, 3.8) is 0 Å². The van der Waals surface area contributed by atoms with E-state index in [1.54, 1.807) is 12.4 Å². The van der Waals surface area contributed by atoms with Gasteiger partial charge in [0.2, 0.25) is 0 Å². The zero-order chi connectivity index (χ0) is 15.4. The number of carboxylic acid groups (broad SMARTS) is 2. The van der Waals surface area contributed by atoms with Gasteiger partial charge in [0, 0.05) is 36.6 Å². The van der Waals surface area contributed by atoms with E-state index >= 15 is 0 Å². The molecular formula is C15H21CoN2O4+3. The van der Waals surface area contributed by atoms with Gasteiger partial charge >= 0.3 is 11.9 Å². The van der Waals surface area contributed by atoms with Crippen LogP contribution in [-0.4, -0.2) is 41.7 Å². The summed E-state index contributed by atoms with van der Waals surface area (Å²) in [7, 11) is 0. The molecule has 0 bridgehead atoms. The Kier molecular flexibility index (Phi) is 16.8. The third-order valence-corrected chi connectivity index (χ3v) is 1.59. The van der Waals surface area contributed by atoms with Crippen LogP contribution in [0, 0.1) is 7.43 Å². The predicted molar refractivity (Wildman–Crippen MR) is 84.4 cm³/mol. The maximum atomic E-state index is 7.53. The van der Waals surface area contributed by atoms with Gasteiger partial charge in [-0.15, -0.1) is 0 Å². The first-order valence-electron chi connectivity index (χ1n) is 5.69. The Morgan fingerprint density at radius 2 is 1.09 bits per heavy atom. The standard InChI is InChI=1S/C10H8N2.2C2H4O2.CH3.Co/c1-3-7-11-9(5-1)10-6-2-4-8-12-10;2*1-2(3)4;;/h1-8H;2*1H3,(H,3,4);1H3;/q;;;+1;/p+2. The van der Waals surface area contributed by atoms with Crippen LogP contribution in [0.3, 0.4) is 0 Å². The molecule has 0 saturated carbocycles. The van der Waals surface area contributed by atoms with E-state index in [0.29, 0.717) is 0 Å².